The van der Waals surface area contributed by atoms with Crippen molar-refractivity contribution in [3.8, 4) is 0 Å². The minimum atomic E-state index is -3.91. The van der Waals surface area contributed by atoms with Crippen molar-refractivity contribution >= 4 is 44.4 Å². The SMILES string of the molecule is C[C@H](NS(=O)(=O)c1cccc2nsnc12)C(=O)Nc1ccc2c(c1)CCC2. The van der Waals surface area contributed by atoms with Crippen LogP contribution in [-0.2, 0) is 27.7 Å². The zero-order valence-electron chi connectivity index (χ0n) is 14.6. The van der Waals surface area contributed by atoms with Crippen LogP contribution in [0.4, 0.5) is 5.69 Å². The monoisotopic (exact) mass is 402 g/mol. The molecule has 0 fully saturated rings. The number of sulfonamides is 1. The lowest BCUT2D eigenvalue weighted by molar-refractivity contribution is -0.117. The first-order valence-electron chi connectivity index (χ1n) is 8.60. The van der Waals surface area contributed by atoms with Crippen LogP contribution in [0.15, 0.2) is 41.3 Å². The van der Waals surface area contributed by atoms with Crippen molar-refractivity contribution in [2.45, 2.75) is 37.1 Å². The summed E-state index contributed by atoms with van der Waals surface area (Å²) in [5.74, 6) is -0.417. The first kappa shape index (κ1) is 18.0. The highest BCUT2D eigenvalue weighted by molar-refractivity contribution is 7.89. The molecule has 2 N–H and O–H groups in total. The van der Waals surface area contributed by atoms with Gasteiger partial charge in [-0.05, 0) is 61.6 Å². The molecular formula is C18H18N4O3S2. The summed E-state index contributed by atoms with van der Waals surface area (Å²) in [4.78, 5) is 12.5. The Balaban J connectivity index is 1.50. The van der Waals surface area contributed by atoms with Gasteiger partial charge in [-0.15, -0.1) is 0 Å². The molecule has 3 aromatic rings. The fourth-order valence-electron chi connectivity index (χ4n) is 3.25. The molecule has 4 rings (SSSR count). The van der Waals surface area contributed by atoms with E-state index in [1.54, 1.807) is 12.1 Å². The Kier molecular flexibility index (Phi) is 4.67. The lowest BCUT2D eigenvalue weighted by Crippen LogP contribution is -2.41. The molecule has 2 aromatic carbocycles. The number of fused-ring (bicyclic) bond motifs is 2. The highest BCUT2D eigenvalue weighted by atomic mass is 32.2. The summed E-state index contributed by atoms with van der Waals surface area (Å²) in [6.07, 6.45) is 3.20. The summed E-state index contributed by atoms with van der Waals surface area (Å²) in [5.41, 5.74) is 4.05. The van der Waals surface area contributed by atoms with E-state index in [1.807, 2.05) is 18.2 Å². The third-order valence-electron chi connectivity index (χ3n) is 4.63. The zero-order chi connectivity index (χ0) is 19.0. The Labute approximate surface area is 161 Å². The first-order valence-corrected chi connectivity index (χ1v) is 10.8. The van der Waals surface area contributed by atoms with Gasteiger partial charge in [0.25, 0.3) is 0 Å². The number of carbonyl (C=O) groups excluding carboxylic acids is 1. The molecule has 1 amide bonds. The van der Waals surface area contributed by atoms with Crippen LogP contribution in [0, 0.1) is 0 Å². The van der Waals surface area contributed by atoms with Gasteiger partial charge in [0.1, 0.15) is 15.9 Å². The summed E-state index contributed by atoms with van der Waals surface area (Å²) in [5, 5.41) is 2.79. The van der Waals surface area contributed by atoms with E-state index in [-0.39, 0.29) is 4.90 Å². The molecule has 9 heteroatoms. The fourth-order valence-corrected chi connectivity index (χ4v) is 5.22. The van der Waals surface area contributed by atoms with E-state index >= 15 is 0 Å². The topological polar surface area (TPSA) is 101 Å². The number of hydrogen-bond donors (Lipinski definition) is 2. The van der Waals surface area contributed by atoms with E-state index in [1.165, 1.54) is 24.1 Å². The number of amides is 1. The lowest BCUT2D eigenvalue weighted by atomic mass is 10.1. The molecule has 0 spiro atoms. The molecule has 0 bridgehead atoms. The van der Waals surface area contributed by atoms with Crippen LogP contribution in [0.1, 0.15) is 24.5 Å². The molecule has 27 heavy (non-hydrogen) atoms. The second kappa shape index (κ2) is 6.99. The fraction of sp³-hybridized carbons (Fsp3) is 0.278. The van der Waals surface area contributed by atoms with Crippen LogP contribution >= 0.6 is 11.7 Å². The highest BCUT2D eigenvalue weighted by Gasteiger charge is 2.25. The van der Waals surface area contributed by atoms with E-state index in [0.29, 0.717) is 16.7 Å². The molecule has 0 saturated heterocycles. The van der Waals surface area contributed by atoms with Crippen LogP contribution in [0.3, 0.4) is 0 Å². The van der Waals surface area contributed by atoms with Gasteiger partial charge in [-0.1, -0.05) is 12.1 Å². The number of nitrogens with zero attached hydrogens (tertiary/aromatic N) is 2. The quantitative estimate of drug-likeness (QED) is 0.683. The second-order valence-corrected chi connectivity index (χ2v) is 8.77. The molecule has 1 heterocycles. The molecule has 0 radical (unpaired) electrons. The van der Waals surface area contributed by atoms with Crippen LogP contribution < -0.4 is 10.0 Å². The predicted molar refractivity (Wildman–Crippen MR) is 104 cm³/mol. The molecule has 1 atom stereocenters. The van der Waals surface area contributed by atoms with Gasteiger partial charge in [0.2, 0.25) is 15.9 Å². The number of aryl methyl sites for hydroxylation is 2. The van der Waals surface area contributed by atoms with Gasteiger partial charge >= 0.3 is 0 Å². The Hall–Kier alpha value is -2.36. The smallest absolute Gasteiger partial charge is 0.243 e. The van der Waals surface area contributed by atoms with Gasteiger partial charge in [-0.25, -0.2) is 8.42 Å². The summed E-state index contributed by atoms with van der Waals surface area (Å²) in [6.45, 7) is 1.51. The Morgan fingerprint density at radius 1 is 1.15 bits per heavy atom. The van der Waals surface area contributed by atoms with E-state index in [0.717, 1.165) is 31.0 Å². The van der Waals surface area contributed by atoms with Crippen molar-refractivity contribution in [1.29, 1.82) is 0 Å². The molecular weight excluding hydrogens is 384 g/mol. The third-order valence-corrected chi connectivity index (χ3v) is 6.74. The molecule has 7 nitrogen and oxygen atoms in total. The minimum Gasteiger partial charge on any atom is -0.325 e. The van der Waals surface area contributed by atoms with Crippen LogP contribution in [0.2, 0.25) is 0 Å². The van der Waals surface area contributed by atoms with Gasteiger partial charge < -0.3 is 5.32 Å². The largest absolute Gasteiger partial charge is 0.325 e. The number of carbonyl (C=O) groups is 1. The first-order chi connectivity index (χ1) is 12.9. The Morgan fingerprint density at radius 2 is 1.96 bits per heavy atom. The Morgan fingerprint density at radius 3 is 2.81 bits per heavy atom. The maximum absolute atomic E-state index is 12.7. The maximum Gasteiger partial charge on any atom is 0.243 e. The average molecular weight is 403 g/mol. The van der Waals surface area contributed by atoms with Gasteiger partial charge in [0, 0.05) is 5.69 Å². The van der Waals surface area contributed by atoms with Crippen LogP contribution in [0.5, 0.6) is 0 Å². The van der Waals surface area contributed by atoms with E-state index in [9.17, 15) is 13.2 Å². The molecule has 0 unspecified atom stereocenters. The molecule has 0 saturated carbocycles. The number of hydrogen-bond acceptors (Lipinski definition) is 6. The second-order valence-electron chi connectivity index (χ2n) is 6.56. The summed E-state index contributed by atoms with van der Waals surface area (Å²) in [6, 6.07) is 9.65. The van der Waals surface area contributed by atoms with Gasteiger partial charge in [0.05, 0.1) is 17.8 Å². The van der Waals surface area contributed by atoms with Crippen molar-refractivity contribution in [3.05, 3.63) is 47.5 Å². The normalized spacial score (nSPS) is 14.9. The maximum atomic E-state index is 12.7. The van der Waals surface area contributed by atoms with Crippen molar-refractivity contribution in [2.24, 2.45) is 0 Å². The number of aromatic nitrogens is 2. The van der Waals surface area contributed by atoms with Crippen molar-refractivity contribution in [2.75, 3.05) is 5.32 Å². The van der Waals surface area contributed by atoms with Gasteiger partial charge in [0.15, 0.2) is 0 Å². The standard InChI is InChI=1S/C18H18N4O3S2/c1-11(18(23)19-14-9-8-12-4-2-5-13(12)10-14)22-27(24,25)16-7-3-6-15-17(16)21-26-20-15/h3,6-11,22H,2,4-5H2,1H3,(H,19,23)/t11-/m0/s1. The molecule has 1 aromatic heterocycles. The zero-order valence-corrected chi connectivity index (χ0v) is 16.2. The average Bonchev–Trinajstić information content (AvgIpc) is 3.29. The van der Waals surface area contributed by atoms with E-state index < -0.39 is 22.0 Å². The number of anilines is 1. The molecule has 1 aliphatic rings. The number of benzene rings is 2. The summed E-state index contributed by atoms with van der Waals surface area (Å²) >= 11 is 0.948. The van der Waals surface area contributed by atoms with Crippen LogP contribution in [-0.4, -0.2) is 29.1 Å². The van der Waals surface area contributed by atoms with Crippen LogP contribution in [0.25, 0.3) is 11.0 Å². The Bertz CT molecular complexity index is 1120. The van der Waals surface area contributed by atoms with Gasteiger partial charge in [-0.3, -0.25) is 4.79 Å². The molecule has 140 valence electrons. The van der Waals surface area contributed by atoms with Crippen molar-refractivity contribution in [3.63, 3.8) is 0 Å². The number of nitrogens with one attached hydrogen (secondary N) is 2. The highest BCUT2D eigenvalue weighted by Crippen LogP contribution is 2.25. The van der Waals surface area contributed by atoms with E-state index in [2.05, 4.69) is 18.8 Å². The van der Waals surface area contributed by atoms with E-state index in [4.69, 9.17) is 0 Å². The minimum absolute atomic E-state index is 0.0194. The van der Waals surface area contributed by atoms with Gasteiger partial charge in [-0.2, -0.15) is 13.5 Å². The van der Waals surface area contributed by atoms with Crippen molar-refractivity contribution in [1.82, 2.24) is 13.5 Å². The predicted octanol–water partition coefficient (Wildman–Crippen LogP) is 2.49. The van der Waals surface area contributed by atoms with Crippen molar-refractivity contribution < 1.29 is 13.2 Å². The molecule has 0 aliphatic heterocycles. The lowest BCUT2D eigenvalue weighted by Gasteiger charge is -2.15. The summed E-state index contributed by atoms with van der Waals surface area (Å²) in [7, 11) is -3.91. The summed E-state index contributed by atoms with van der Waals surface area (Å²) < 4.78 is 35.9. The number of rotatable bonds is 5. The molecule has 1 aliphatic carbocycles. The third kappa shape index (κ3) is 3.58.